The molecule has 0 amide bonds. The Labute approximate surface area is 85.8 Å². The Balaban J connectivity index is 3.08. The molecule has 0 aliphatic rings. The summed E-state index contributed by atoms with van der Waals surface area (Å²) >= 11 is 9.32. The van der Waals surface area contributed by atoms with E-state index in [2.05, 4.69) is 15.9 Å². The minimum Gasteiger partial charge on any atom is -0.493 e. The van der Waals surface area contributed by atoms with Crippen LogP contribution in [-0.2, 0) is 0 Å². The molecule has 1 rings (SSSR count). The van der Waals surface area contributed by atoms with Crippen LogP contribution < -0.4 is 4.74 Å². The number of rotatable bonds is 2. The van der Waals surface area contributed by atoms with Crippen LogP contribution in [0.5, 0.6) is 5.75 Å². The number of benzene rings is 1. The molecule has 0 unspecified atom stereocenters. The average Bonchev–Trinajstić information content (AvgIpc) is 2.07. The highest BCUT2D eigenvalue weighted by atomic mass is 79.9. The second kappa shape index (κ2) is 4.15. The third-order valence-electron chi connectivity index (χ3n) is 1.58. The Morgan fingerprint density at radius 3 is 2.75 bits per heavy atom. The maximum Gasteiger partial charge on any atom is 0.133 e. The zero-order chi connectivity index (χ0) is 9.14. The molecule has 66 valence electrons. The van der Waals surface area contributed by atoms with Gasteiger partial charge in [-0.1, -0.05) is 11.6 Å². The molecule has 1 aromatic carbocycles. The van der Waals surface area contributed by atoms with Gasteiger partial charge in [0.1, 0.15) is 5.75 Å². The molecule has 0 aliphatic heterocycles. The van der Waals surface area contributed by atoms with E-state index in [4.69, 9.17) is 16.3 Å². The SMILES string of the molecule is CCOc1ccc(Cl)c(C)c1Br. The molecular formula is C9H10BrClO. The monoisotopic (exact) mass is 248 g/mol. The molecule has 0 saturated heterocycles. The van der Waals surface area contributed by atoms with Gasteiger partial charge in [0.05, 0.1) is 11.1 Å². The van der Waals surface area contributed by atoms with Crippen LogP contribution in [0.2, 0.25) is 5.02 Å². The summed E-state index contributed by atoms with van der Waals surface area (Å²) in [6.45, 7) is 4.57. The molecule has 1 nitrogen and oxygen atoms in total. The van der Waals surface area contributed by atoms with Gasteiger partial charge in [0.25, 0.3) is 0 Å². The Hall–Kier alpha value is -0.210. The fourth-order valence-corrected chi connectivity index (χ4v) is 1.64. The molecule has 0 bridgehead atoms. The van der Waals surface area contributed by atoms with Gasteiger partial charge >= 0.3 is 0 Å². The van der Waals surface area contributed by atoms with Crippen LogP contribution >= 0.6 is 27.5 Å². The van der Waals surface area contributed by atoms with Gasteiger partial charge in [-0.05, 0) is 47.5 Å². The van der Waals surface area contributed by atoms with Crippen molar-refractivity contribution < 1.29 is 4.74 Å². The van der Waals surface area contributed by atoms with Crippen molar-refractivity contribution in [3.8, 4) is 5.75 Å². The summed E-state index contributed by atoms with van der Waals surface area (Å²) in [4.78, 5) is 0. The number of halogens is 2. The van der Waals surface area contributed by atoms with Gasteiger partial charge in [-0.15, -0.1) is 0 Å². The van der Waals surface area contributed by atoms with E-state index in [0.29, 0.717) is 6.61 Å². The molecule has 12 heavy (non-hydrogen) atoms. The Morgan fingerprint density at radius 2 is 2.17 bits per heavy atom. The van der Waals surface area contributed by atoms with Gasteiger partial charge in [0.2, 0.25) is 0 Å². The van der Waals surface area contributed by atoms with Crippen LogP contribution in [0.15, 0.2) is 16.6 Å². The summed E-state index contributed by atoms with van der Waals surface area (Å²) < 4.78 is 6.31. The van der Waals surface area contributed by atoms with Crippen molar-refractivity contribution in [3.63, 3.8) is 0 Å². The predicted octanol–water partition coefficient (Wildman–Crippen LogP) is 3.81. The molecule has 0 spiro atoms. The molecule has 1 aromatic rings. The van der Waals surface area contributed by atoms with E-state index in [9.17, 15) is 0 Å². The lowest BCUT2D eigenvalue weighted by atomic mass is 10.2. The molecular weight excluding hydrogens is 239 g/mol. The maximum atomic E-state index is 5.90. The predicted molar refractivity (Wildman–Crippen MR) is 55.1 cm³/mol. The van der Waals surface area contributed by atoms with Crippen molar-refractivity contribution in [2.24, 2.45) is 0 Å². The van der Waals surface area contributed by atoms with Gasteiger partial charge < -0.3 is 4.74 Å². The van der Waals surface area contributed by atoms with Crippen LogP contribution in [0.4, 0.5) is 0 Å². The fraction of sp³-hybridized carbons (Fsp3) is 0.333. The molecule has 3 heteroatoms. The second-order valence-corrected chi connectivity index (χ2v) is 3.62. The third-order valence-corrected chi connectivity index (χ3v) is 2.98. The minimum atomic E-state index is 0.666. The number of ether oxygens (including phenoxy) is 1. The minimum absolute atomic E-state index is 0.666. The van der Waals surface area contributed by atoms with Crippen LogP contribution in [0.25, 0.3) is 0 Å². The zero-order valence-electron chi connectivity index (χ0n) is 7.03. The van der Waals surface area contributed by atoms with Crippen molar-refractivity contribution in [1.82, 2.24) is 0 Å². The standard InChI is InChI=1S/C9H10BrClO/c1-3-12-8-5-4-7(11)6(2)9(8)10/h4-5H,3H2,1-2H3. The van der Waals surface area contributed by atoms with Crippen molar-refractivity contribution in [1.29, 1.82) is 0 Å². The molecule has 0 aliphatic carbocycles. The number of hydrogen-bond acceptors (Lipinski definition) is 1. The Bertz CT molecular complexity index is 286. The van der Waals surface area contributed by atoms with E-state index < -0.39 is 0 Å². The molecule has 0 fully saturated rings. The van der Waals surface area contributed by atoms with Gasteiger partial charge in [-0.25, -0.2) is 0 Å². The molecule has 0 saturated carbocycles. The molecule has 0 radical (unpaired) electrons. The lowest BCUT2D eigenvalue weighted by molar-refractivity contribution is 0.338. The Morgan fingerprint density at radius 1 is 1.50 bits per heavy atom. The van der Waals surface area contributed by atoms with Gasteiger partial charge in [0, 0.05) is 5.02 Å². The normalized spacial score (nSPS) is 10.0. The molecule has 0 heterocycles. The number of hydrogen-bond donors (Lipinski definition) is 0. The largest absolute Gasteiger partial charge is 0.493 e. The summed E-state index contributed by atoms with van der Waals surface area (Å²) in [5.74, 6) is 0.847. The van der Waals surface area contributed by atoms with Crippen molar-refractivity contribution >= 4 is 27.5 Å². The van der Waals surface area contributed by atoms with E-state index in [1.165, 1.54) is 0 Å². The van der Waals surface area contributed by atoms with Crippen molar-refractivity contribution in [2.45, 2.75) is 13.8 Å². The summed E-state index contributed by atoms with van der Waals surface area (Å²) in [6.07, 6.45) is 0. The van der Waals surface area contributed by atoms with Crippen LogP contribution in [0, 0.1) is 6.92 Å². The zero-order valence-corrected chi connectivity index (χ0v) is 9.37. The van der Waals surface area contributed by atoms with E-state index >= 15 is 0 Å². The topological polar surface area (TPSA) is 9.23 Å². The van der Waals surface area contributed by atoms with Crippen LogP contribution in [0.3, 0.4) is 0 Å². The molecule has 0 atom stereocenters. The first-order valence-corrected chi connectivity index (χ1v) is 4.91. The van der Waals surface area contributed by atoms with E-state index in [1.807, 2.05) is 26.0 Å². The Kier molecular flexibility index (Phi) is 3.41. The lowest BCUT2D eigenvalue weighted by Gasteiger charge is -2.08. The first-order valence-electron chi connectivity index (χ1n) is 3.74. The van der Waals surface area contributed by atoms with E-state index in [-0.39, 0.29) is 0 Å². The van der Waals surface area contributed by atoms with Crippen molar-refractivity contribution in [3.05, 3.63) is 27.2 Å². The van der Waals surface area contributed by atoms with E-state index in [1.54, 1.807) is 0 Å². The lowest BCUT2D eigenvalue weighted by Crippen LogP contribution is -1.93. The van der Waals surface area contributed by atoms with Gasteiger partial charge in [-0.3, -0.25) is 0 Å². The highest BCUT2D eigenvalue weighted by Gasteiger charge is 2.05. The third kappa shape index (κ3) is 1.93. The second-order valence-electron chi connectivity index (χ2n) is 2.42. The smallest absolute Gasteiger partial charge is 0.133 e. The molecule has 0 N–H and O–H groups in total. The highest BCUT2D eigenvalue weighted by molar-refractivity contribution is 9.10. The first kappa shape index (κ1) is 9.87. The summed E-state index contributed by atoms with van der Waals surface area (Å²) in [7, 11) is 0. The van der Waals surface area contributed by atoms with Crippen LogP contribution in [0.1, 0.15) is 12.5 Å². The van der Waals surface area contributed by atoms with E-state index in [0.717, 1.165) is 20.8 Å². The highest BCUT2D eigenvalue weighted by Crippen LogP contribution is 2.32. The quantitative estimate of drug-likeness (QED) is 0.774. The van der Waals surface area contributed by atoms with Crippen LogP contribution in [-0.4, -0.2) is 6.61 Å². The van der Waals surface area contributed by atoms with Crippen molar-refractivity contribution in [2.75, 3.05) is 6.61 Å². The summed E-state index contributed by atoms with van der Waals surface area (Å²) in [5, 5.41) is 0.755. The molecule has 0 aromatic heterocycles. The maximum absolute atomic E-state index is 5.90. The summed E-state index contributed by atoms with van der Waals surface area (Å²) in [5.41, 5.74) is 1.02. The first-order chi connectivity index (χ1) is 5.66. The van der Waals surface area contributed by atoms with Gasteiger partial charge in [0.15, 0.2) is 0 Å². The fourth-order valence-electron chi connectivity index (χ4n) is 0.904. The average molecular weight is 250 g/mol. The van der Waals surface area contributed by atoms with Gasteiger partial charge in [-0.2, -0.15) is 0 Å². The summed E-state index contributed by atoms with van der Waals surface area (Å²) in [6, 6.07) is 3.70.